The fraction of sp³-hybridized carbons (Fsp3) is 0.588. The van der Waals surface area contributed by atoms with Gasteiger partial charge in [0.15, 0.2) is 0 Å². The van der Waals surface area contributed by atoms with E-state index in [1.54, 1.807) is 7.05 Å². The second-order valence-electron chi connectivity index (χ2n) is 6.21. The highest BCUT2D eigenvalue weighted by molar-refractivity contribution is 5.81. The molecule has 2 rings (SSSR count). The third-order valence-electron chi connectivity index (χ3n) is 4.09. The number of amides is 1. The van der Waals surface area contributed by atoms with Crippen molar-refractivity contribution < 1.29 is 27.8 Å². The van der Waals surface area contributed by atoms with Crippen LogP contribution in [0.15, 0.2) is 24.3 Å². The highest BCUT2D eigenvalue weighted by Crippen LogP contribution is 2.30. The summed E-state index contributed by atoms with van der Waals surface area (Å²) >= 11 is 0. The topological polar surface area (TPSA) is 61.8 Å². The zero-order chi connectivity index (χ0) is 18.4. The number of carbonyl (C=O) groups is 1. The molecule has 1 aliphatic rings. The molecule has 1 fully saturated rings. The SMILES string of the molecule is CN(CC(O)COc1ccc(C(F)(F)F)cc1)C(=O)C1CCCCN1. The third-order valence-corrected chi connectivity index (χ3v) is 4.09. The summed E-state index contributed by atoms with van der Waals surface area (Å²) in [6.07, 6.45) is -2.50. The number of rotatable bonds is 6. The van der Waals surface area contributed by atoms with Crippen molar-refractivity contribution in [2.24, 2.45) is 0 Å². The zero-order valence-corrected chi connectivity index (χ0v) is 14.1. The summed E-state index contributed by atoms with van der Waals surface area (Å²) in [7, 11) is 1.61. The van der Waals surface area contributed by atoms with Crippen LogP contribution in [0.2, 0.25) is 0 Å². The number of nitrogens with one attached hydrogen (secondary N) is 1. The molecular formula is C17H23F3N2O3. The van der Waals surface area contributed by atoms with Gasteiger partial charge in [-0.3, -0.25) is 4.79 Å². The maximum absolute atomic E-state index is 12.5. The summed E-state index contributed by atoms with van der Waals surface area (Å²) in [5, 5.41) is 13.1. The van der Waals surface area contributed by atoms with Crippen molar-refractivity contribution in [2.75, 3.05) is 26.7 Å². The summed E-state index contributed by atoms with van der Waals surface area (Å²) in [4.78, 5) is 13.7. The van der Waals surface area contributed by atoms with E-state index < -0.39 is 17.8 Å². The van der Waals surface area contributed by atoms with Gasteiger partial charge in [0.1, 0.15) is 18.5 Å². The number of halogens is 3. The Balaban J connectivity index is 1.77. The van der Waals surface area contributed by atoms with Gasteiger partial charge in [-0.1, -0.05) is 6.42 Å². The summed E-state index contributed by atoms with van der Waals surface area (Å²) < 4.78 is 42.7. The molecule has 0 bridgehead atoms. The van der Waals surface area contributed by atoms with Gasteiger partial charge in [-0.15, -0.1) is 0 Å². The Hall–Kier alpha value is -1.80. The van der Waals surface area contributed by atoms with E-state index in [4.69, 9.17) is 4.74 Å². The molecule has 1 amide bonds. The number of alkyl halides is 3. The van der Waals surface area contributed by atoms with E-state index in [1.165, 1.54) is 17.0 Å². The van der Waals surface area contributed by atoms with Crippen LogP contribution >= 0.6 is 0 Å². The van der Waals surface area contributed by atoms with E-state index in [9.17, 15) is 23.1 Å². The molecule has 5 nitrogen and oxygen atoms in total. The molecule has 0 aromatic heterocycles. The smallest absolute Gasteiger partial charge is 0.416 e. The molecule has 8 heteroatoms. The van der Waals surface area contributed by atoms with Gasteiger partial charge < -0.3 is 20.1 Å². The number of ether oxygens (including phenoxy) is 1. The van der Waals surface area contributed by atoms with E-state index in [2.05, 4.69) is 5.32 Å². The molecule has 1 aromatic carbocycles. The first-order valence-corrected chi connectivity index (χ1v) is 8.24. The van der Waals surface area contributed by atoms with Crippen molar-refractivity contribution >= 4 is 5.91 Å². The molecule has 0 radical (unpaired) electrons. The van der Waals surface area contributed by atoms with Crippen molar-refractivity contribution in [1.82, 2.24) is 10.2 Å². The van der Waals surface area contributed by atoms with Gasteiger partial charge in [-0.2, -0.15) is 13.2 Å². The zero-order valence-electron chi connectivity index (χ0n) is 14.1. The average Bonchev–Trinajstić information content (AvgIpc) is 2.59. The minimum Gasteiger partial charge on any atom is -0.491 e. The predicted octanol–water partition coefficient (Wildman–Crippen LogP) is 2.05. The van der Waals surface area contributed by atoms with Gasteiger partial charge in [0.2, 0.25) is 5.91 Å². The van der Waals surface area contributed by atoms with Gasteiger partial charge >= 0.3 is 6.18 Å². The fourth-order valence-corrected chi connectivity index (χ4v) is 2.72. The van der Waals surface area contributed by atoms with E-state index in [-0.39, 0.29) is 30.9 Å². The van der Waals surface area contributed by atoms with Crippen LogP contribution in [-0.4, -0.2) is 54.8 Å². The standard InChI is InChI=1S/C17H23F3N2O3/c1-22(16(24)15-4-2-3-9-21-15)10-13(23)11-25-14-7-5-12(6-8-14)17(18,19)20/h5-8,13,15,21,23H,2-4,9-11H2,1H3. The average molecular weight is 360 g/mol. The van der Waals surface area contributed by atoms with Crippen molar-refractivity contribution in [3.05, 3.63) is 29.8 Å². The van der Waals surface area contributed by atoms with Gasteiger partial charge in [0.05, 0.1) is 11.6 Å². The van der Waals surface area contributed by atoms with E-state index >= 15 is 0 Å². The monoisotopic (exact) mass is 360 g/mol. The van der Waals surface area contributed by atoms with Gasteiger partial charge in [0.25, 0.3) is 0 Å². The molecule has 1 aliphatic heterocycles. The molecule has 140 valence electrons. The van der Waals surface area contributed by atoms with Crippen molar-refractivity contribution in [1.29, 1.82) is 0 Å². The van der Waals surface area contributed by atoms with Crippen LogP contribution in [0.1, 0.15) is 24.8 Å². The Labute approximate surface area is 144 Å². The number of nitrogens with zero attached hydrogens (tertiary/aromatic N) is 1. The number of likely N-dealkylation sites (N-methyl/N-ethyl adjacent to an activating group) is 1. The molecular weight excluding hydrogens is 337 g/mol. The van der Waals surface area contributed by atoms with E-state index in [1.807, 2.05) is 0 Å². The Bertz CT molecular complexity index is 557. The van der Waals surface area contributed by atoms with Crippen molar-refractivity contribution in [3.63, 3.8) is 0 Å². The molecule has 1 heterocycles. The summed E-state index contributed by atoms with van der Waals surface area (Å²) in [6, 6.07) is 4.03. The Morgan fingerprint density at radius 2 is 2.04 bits per heavy atom. The van der Waals surface area contributed by atoms with Crippen LogP contribution in [0.5, 0.6) is 5.75 Å². The lowest BCUT2D eigenvalue weighted by atomic mass is 10.0. The van der Waals surface area contributed by atoms with Crippen LogP contribution in [0, 0.1) is 0 Å². The molecule has 2 unspecified atom stereocenters. The number of aliphatic hydroxyl groups excluding tert-OH is 1. The molecule has 0 spiro atoms. The Morgan fingerprint density at radius 3 is 2.60 bits per heavy atom. The van der Waals surface area contributed by atoms with E-state index in [0.717, 1.165) is 37.9 Å². The minimum atomic E-state index is -4.39. The maximum atomic E-state index is 12.5. The first kappa shape index (κ1) is 19.5. The summed E-state index contributed by atoms with van der Waals surface area (Å²) in [6.45, 7) is 0.794. The maximum Gasteiger partial charge on any atom is 0.416 e. The van der Waals surface area contributed by atoms with Crippen LogP contribution in [-0.2, 0) is 11.0 Å². The number of hydrogen-bond donors (Lipinski definition) is 2. The quantitative estimate of drug-likeness (QED) is 0.815. The Morgan fingerprint density at radius 1 is 1.36 bits per heavy atom. The van der Waals surface area contributed by atoms with Crippen molar-refractivity contribution in [3.8, 4) is 5.75 Å². The summed E-state index contributed by atoms with van der Waals surface area (Å²) in [5.41, 5.74) is -0.759. The second kappa shape index (κ2) is 8.53. The van der Waals surface area contributed by atoms with Crippen LogP contribution < -0.4 is 10.1 Å². The predicted molar refractivity (Wildman–Crippen MR) is 86.2 cm³/mol. The minimum absolute atomic E-state index is 0.0757. The lowest BCUT2D eigenvalue weighted by Crippen LogP contribution is -2.49. The van der Waals surface area contributed by atoms with Crippen molar-refractivity contribution in [2.45, 2.75) is 37.6 Å². The van der Waals surface area contributed by atoms with Crippen LogP contribution in [0.3, 0.4) is 0 Å². The third kappa shape index (κ3) is 5.89. The highest BCUT2D eigenvalue weighted by atomic mass is 19.4. The van der Waals surface area contributed by atoms with Gasteiger partial charge in [-0.05, 0) is 43.7 Å². The molecule has 2 N–H and O–H groups in total. The molecule has 0 aliphatic carbocycles. The van der Waals surface area contributed by atoms with Gasteiger partial charge in [-0.25, -0.2) is 0 Å². The Kier molecular flexibility index (Phi) is 6.66. The number of carbonyl (C=O) groups excluding carboxylic acids is 1. The van der Waals surface area contributed by atoms with Crippen LogP contribution in [0.4, 0.5) is 13.2 Å². The first-order chi connectivity index (χ1) is 11.8. The van der Waals surface area contributed by atoms with Crippen LogP contribution in [0.25, 0.3) is 0 Å². The molecule has 1 aromatic rings. The largest absolute Gasteiger partial charge is 0.491 e. The fourth-order valence-electron chi connectivity index (χ4n) is 2.72. The number of hydrogen-bond acceptors (Lipinski definition) is 4. The second-order valence-corrected chi connectivity index (χ2v) is 6.21. The van der Waals surface area contributed by atoms with E-state index in [0.29, 0.717) is 0 Å². The number of piperidine rings is 1. The number of benzene rings is 1. The first-order valence-electron chi connectivity index (χ1n) is 8.24. The lowest BCUT2D eigenvalue weighted by molar-refractivity contribution is -0.137. The summed E-state index contributed by atoms with van der Waals surface area (Å²) in [5.74, 6) is 0.156. The molecule has 1 saturated heterocycles. The molecule has 25 heavy (non-hydrogen) atoms. The normalized spacial score (nSPS) is 19.3. The number of aliphatic hydroxyl groups is 1. The molecule has 0 saturated carbocycles. The van der Waals surface area contributed by atoms with Gasteiger partial charge in [0, 0.05) is 13.6 Å². The lowest BCUT2D eigenvalue weighted by Gasteiger charge is -2.28. The molecule has 2 atom stereocenters. The highest BCUT2D eigenvalue weighted by Gasteiger charge is 2.30.